The standard InChI is InChI=1S/C13H16FNO2/c1-8(2)15-6-10-9(4-3-5-12(10)14)11(7-15)13(16)17/h3-5,8,11H,6-7H2,1-2H3,(H,16,17). The second-order valence-electron chi connectivity index (χ2n) is 4.72. The molecule has 2 rings (SSSR count). The van der Waals surface area contributed by atoms with E-state index in [9.17, 15) is 14.3 Å². The van der Waals surface area contributed by atoms with Crippen LogP contribution in [-0.4, -0.2) is 28.6 Å². The first-order valence-corrected chi connectivity index (χ1v) is 5.75. The normalized spacial score (nSPS) is 20.4. The van der Waals surface area contributed by atoms with E-state index in [-0.39, 0.29) is 11.9 Å². The molecular formula is C13H16FNO2. The molecule has 1 aromatic rings. The van der Waals surface area contributed by atoms with Crippen LogP contribution in [0.1, 0.15) is 30.9 Å². The van der Waals surface area contributed by atoms with Gasteiger partial charge in [0.2, 0.25) is 0 Å². The van der Waals surface area contributed by atoms with E-state index < -0.39 is 11.9 Å². The molecule has 3 nitrogen and oxygen atoms in total. The Bertz CT molecular complexity index is 445. The Morgan fingerprint density at radius 3 is 2.82 bits per heavy atom. The number of aliphatic carboxylic acids is 1. The predicted molar refractivity (Wildman–Crippen MR) is 62.3 cm³/mol. The Morgan fingerprint density at radius 1 is 1.53 bits per heavy atom. The van der Waals surface area contributed by atoms with E-state index in [1.54, 1.807) is 12.1 Å². The monoisotopic (exact) mass is 237 g/mol. The summed E-state index contributed by atoms with van der Waals surface area (Å²) >= 11 is 0. The molecule has 0 aliphatic carbocycles. The molecule has 1 aliphatic heterocycles. The quantitative estimate of drug-likeness (QED) is 0.857. The molecule has 17 heavy (non-hydrogen) atoms. The highest BCUT2D eigenvalue weighted by atomic mass is 19.1. The first kappa shape index (κ1) is 12.0. The van der Waals surface area contributed by atoms with Gasteiger partial charge in [-0.1, -0.05) is 12.1 Å². The number of nitrogens with zero attached hydrogens (tertiary/aromatic N) is 1. The molecule has 1 unspecified atom stereocenters. The molecule has 0 amide bonds. The Hall–Kier alpha value is -1.42. The van der Waals surface area contributed by atoms with Crippen molar-refractivity contribution in [2.45, 2.75) is 32.4 Å². The van der Waals surface area contributed by atoms with Crippen LogP contribution in [0.5, 0.6) is 0 Å². The van der Waals surface area contributed by atoms with E-state index in [0.717, 1.165) is 0 Å². The van der Waals surface area contributed by atoms with Crippen LogP contribution in [0.15, 0.2) is 18.2 Å². The average Bonchev–Trinajstić information content (AvgIpc) is 2.28. The second kappa shape index (κ2) is 4.45. The minimum absolute atomic E-state index is 0.213. The molecule has 1 heterocycles. The third kappa shape index (κ3) is 2.17. The van der Waals surface area contributed by atoms with Gasteiger partial charge in [-0.05, 0) is 25.5 Å². The van der Waals surface area contributed by atoms with Crippen LogP contribution in [0.25, 0.3) is 0 Å². The minimum atomic E-state index is -0.887. The lowest BCUT2D eigenvalue weighted by Crippen LogP contribution is -2.41. The third-order valence-corrected chi connectivity index (χ3v) is 3.34. The predicted octanol–water partition coefficient (Wildman–Crippen LogP) is 2.22. The van der Waals surface area contributed by atoms with Gasteiger partial charge in [-0.25, -0.2) is 4.39 Å². The highest BCUT2D eigenvalue weighted by Crippen LogP contribution is 2.31. The fourth-order valence-electron chi connectivity index (χ4n) is 2.27. The van der Waals surface area contributed by atoms with Crippen molar-refractivity contribution in [2.24, 2.45) is 0 Å². The molecule has 0 fully saturated rings. The molecule has 0 bridgehead atoms. The maximum atomic E-state index is 13.7. The first-order valence-electron chi connectivity index (χ1n) is 5.75. The Labute approximate surface area is 99.9 Å². The van der Waals surface area contributed by atoms with Crippen molar-refractivity contribution in [2.75, 3.05) is 6.54 Å². The van der Waals surface area contributed by atoms with Gasteiger partial charge in [0, 0.05) is 24.7 Å². The van der Waals surface area contributed by atoms with Gasteiger partial charge in [-0.15, -0.1) is 0 Å². The Kier molecular flexibility index (Phi) is 3.15. The van der Waals surface area contributed by atoms with Gasteiger partial charge in [-0.3, -0.25) is 9.69 Å². The summed E-state index contributed by atoms with van der Waals surface area (Å²) in [5.41, 5.74) is 1.15. The van der Waals surface area contributed by atoms with E-state index in [4.69, 9.17) is 0 Å². The van der Waals surface area contributed by atoms with Crippen LogP contribution in [0.4, 0.5) is 4.39 Å². The molecule has 1 aromatic carbocycles. The van der Waals surface area contributed by atoms with E-state index in [1.165, 1.54) is 6.07 Å². The number of rotatable bonds is 2. The largest absolute Gasteiger partial charge is 0.481 e. The number of carboxylic acids is 1. The van der Waals surface area contributed by atoms with E-state index >= 15 is 0 Å². The minimum Gasteiger partial charge on any atom is -0.481 e. The summed E-state index contributed by atoms with van der Waals surface area (Å²) in [4.78, 5) is 13.2. The smallest absolute Gasteiger partial charge is 0.312 e. The highest BCUT2D eigenvalue weighted by molar-refractivity contribution is 5.77. The van der Waals surface area contributed by atoms with Crippen LogP contribution < -0.4 is 0 Å². The number of fused-ring (bicyclic) bond motifs is 1. The van der Waals surface area contributed by atoms with Gasteiger partial charge >= 0.3 is 5.97 Å². The molecule has 1 aliphatic rings. The summed E-state index contributed by atoms with van der Waals surface area (Å²) in [5, 5.41) is 9.23. The number of benzene rings is 1. The molecule has 92 valence electrons. The molecule has 0 aromatic heterocycles. The van der Waals surface area contributed by atoms with Crippen molar-refractivity contribution in [3.63, 3.8) is 0 Å². The number of hydrogen-bond acceptors (Lipinski definition) is 2. The maximum Gasteiger partial charge on any atom is 0.312 e. The zero-order valence-electron chi connectivity index (χ0n) is 9.98. The topological polar surface area (TPSA) is 40.5 Å². The second-order valence-corrected chi connectivity index (χ2v) is 4.72. The van der Waals surface area contributed by atoms with Gasteiger partial charge in [0.25, 0.3) is 0 Å². The lowest BCUT2D eigenvalue weighted by molar-refractivity contribution is -0.139. The SMILES string of the molecule is CC(C)N1Cc2c(F)cccc2C(C(=O)O)C1. The summed E-state index contributed by atoms with van der Waals surface area (Å²) in [7, 11) is 0. The number of carbonyl (C=O) groups is 1. The van der Waals surface area contributed by atoms with Gasteiger partial charge < -0.3 is 5.11 Å². The summed E-state index contributed by atoms with van der Waals surface area (Å²) < 4.78 is 13.7. The average molecular weight is 237 g/mol. The number of halogens is 1. The summed E-state index contributed by atoms with van der Waals surface area (Å²) in [6.07, 6.45) is 0. The fraction of sp³-hybridized carbons (Fsp3) is 0.462. The van der Waals surface area contributed by atoms with Crippen molar-refractivity contribution in [3.05, 3.63) is 35.1 Å². The lowest BCUT2D eigenvalue weighted by atomic mass is 9.89. The van der Waals surface area contributed by atoms with Gasteiger partial charge in [0.05, 0.1) is 5.92 Å². The zero-order valence-corrected chi connectivity index (χ0v) is 9.98. The van der Waals surface area contributed by atoms with Crippen molar-refractivity contribution in [3.8, 4) is 0 Å². The number of hydrogen-bond donors (Lipinski definition) is 1. The van der Waals surface area contributed by atoms with E-state index in [1.807, 2.05) is 18.7 Å². The first-order chi connectivity index (χ1) is 8.00. The maximum absolute atomic E-state index is 13.7. The summed E-state index contributed by atoms with van der Waals surface area (Å²) in [6.45, 7) is 4.92. The molecule has 0 saturated carbocycles. The molecule has 0 spiro atoms. The molecule has 1 N–H and O–H groups in total. The van der Waals surface area contributed by atoms with Crippen LogP contribution in [0.3, 0.4) is 0 Å². The van der Waals surface area contributed by atoms with E-state index in [0.29, 0.717) is 24.2 Å². The Morgan fingerprint density at radius 2 is 2.24 bits per heavy atom. The highest BCUT2D eigenvalue weighted by Gasteiger charge is 2.32. The van der Waals surface area contributed by atoms with Gasteiger partial charge in [0.15, 0.2) is 0 Å². The zero-order chi connectivity index (χ0) is 12.6. The summed E-state index contributed by atoms with van der Waals surface area (Å²) in [5.74, 6) is -1.82. The van der Waals surface area contributed by atoms with Crippen LogP contribution in [0.2, 0.25) is 0 Å². The van der Waals surface area contributed by atoms with Crippen LogP contribution in [-0.2, 0) is 11.3 Å². The fourth-order valence-corrected chi connectivity index (χ4v) is 2.27. The molecule has 0 saturated heterocycles. The number of carboxylic acid groups (broad SMARTS) is 1. The van der Waals surface area contributed by atoms with Crippen LogP contribution >= 0.6 is 0 Å². The van der Waals surface area contributed by atoms with Crippen molar-refractivity contribution < 1.29 is 14.3 Å². The Balaban J connectivity index is 2.45. The summed E-state index contributed by atoms with van der Waals surface area (Å²) in [6, 6.07) is 4.90. The van der Waals surface area contributed by atoms with Gasteiger partial charge in [0.1, 0.15) is 5.82 Å². The molecule has 1 atom stereocenters. The van der Waals surface area contributed by atoms with Crippen molar-refractivity contribution >= 4 is 5.97 Å². The van der Waals surface area contributed by atoms with Gasteiger partial charge in [-0.2, -0.15) is 0 Å². The van der Waals surface area contributed by atoms with Crippen molar-refractivity contribution in [1.82, 2.24) is 4.90 Å². The lowest BCUT2D eigenvalue weighted by Gasteiger charge is -2.35. The van der Waals surface area contributed by atoms with E-state index in [2.05, 4.69) is 0 Å². The molecule has 4 heteroatoms. The molecule has 0 radical (unpaired) electrons. The third-order valence-electron chi connectivity index (χ3n) is 3.34. The van der Waals surface area contributed by atoms with Crippen molar-refractivity contribution in [1.29, 1.82) is 0 Å². The molecular weight excluding hydrogens is 221 g/mol. The van der Waals surface area contributed by atoms with Crippen LogP contribution in [0, 0.1) is 5.82 Å².